The number of hydrogen-bond acceptors (Lipinski definition) is 4. The Morgan fingerprint density at radius 2 is 2.00 bits per heavy atom. The van der Waals surface area contributed by atoms with Crippen molar-refractivity contribution < 1.29 is 9.21 Å². The molecule has 0 fully saturated rings. The van der Waals surface area contributed by atoms with Crippen LogP contribution in [-0.4, -0.2) is 17.9 Å². The van der Waals surface area contributed by atoms with E-state index in [9.17, 15) is 4.79 Å². The molecule has 0 radical (unpaired) electrons. The Morgan fingerprint density at radius 3 is 2.65 bits per heavy atom. The molecule has 0 spiro atoms. The molecule has 1 aromatic heterocycles. The summed E-state index contributed by atoms with van der Waals surface area (Å²) in [6.45, 7) is 3.25. The first-order chi connectivity index (χ1) is 9.60. The number of carbonyl (C=O) groups is 1. The van der Waals surface area contributed by atoms with E-state index in [0.29, 0.717) is 18.7 Å². The van der Waals surface area contributed by atoms with Gasteiger partial charge >= 0.3 is 0 Å². The van der Waals surface area contributed by atoms with Gasteiger partial charge in [0.25, 0.3) is 5.91 Å². The number of hydrogen-bond donors (Lipinski definition) is 2. The van der Waals surface area contributed by atoms with E-state index in [1.165, 1.54) is 0 Å². The van der Waals surface area contributed by atoms with E-state index >= 15 is 0 Å². The maximum atomic E-state index is 11.7. The molecular weight excluding hydrogens is 254 g/mol. The molecule has 0 aliphatic carbocycles. The van der Waals surface area contributed by atoms with E-state index < -0.39 is 0 Å². The molecular formula is C15H19N3O2. The quantitative estimate of drug-likeness (QED) is 0.495. The average Bonchev–Trinajstić information content (AvgIpc) is 2.83. The highest BCUT2D eigenvalue weighted by Crippen LogP contribution is 2.14. The molecule has 2 aromatic rings. The molecule has 5 nitrogen and oxygen atoms in total. The number of furan rings is 1. The summed E-state index contributed by atoms with van der Waals surface area (Å²) in [4.78, 5) is 13.8. The van der Waals surface area contributed by atoms with Gasteiger partial charge in [0.2, 0.25) is 0 Å². The number of nitrogens with zero attached hydrogens (tertiary/aromatic N) is 1. The Labute approximate surface area is 118 Å². The molecule has 0 saturated heterocycles. The molecule has 0 aliphatic rings. The molecule has 0 unspecified atom stereocenters. The lowest BCUT2D eigenvalue weighted by Gasteiger charge is -2.17. The fraction of sp³-hybridized carbons (Fsp3) is 0.267. The lowest BCUT2D eigenvalue weighted by atomic mass is 10.1. The fourth-order valence-electron chi connectivity index (χ4n) is 2.14. The molecule has 20 heavy (non-hydrogen) atoms. The summed E-state index contributed by atoms with van der Waals surface area (Å²) in [5, 5.41) is 0. The van der Waals surface area contributed by atoms with Crippen molar-refractivity contribution in [3.63, 3.8) is 0 Å². The molecule has 0 saturated carbocycles. The number of nitrogens with two attached hydrogens (primary N) is 1. The van der Waals surface area contributed by atoms with Crippen molar-refractivity contribution >= 4 is 5.91 Å². The second-order valence-corrected chi connectivity index (χ2v) is 4.82. The number of hydrazine groups is 1. The van der Waals surface area contributed by atoms with Crippen LogP contribution in [0.1, 0.15) is 27.4 Å². The van der Waals surface area contributed by atoms with Gasteiger partial charge < -0.3 is 4.42 Å². The van der Waals surface area contributed by atoms with E-state index in [-0.39, 0.29) is 5.91 Å². The molecule has 5 heteroatoms. The van der Waals surface area contributed by atoms with Crippen LogP contribution in [0, 0.1) is 6.92 Å². The Balaban J connectivity index is 2.07. The van der Waals surface area contributed by atoms with Gasteiger partial charge in [-0.25, -0.2) is 5.84 Å². The van der Waals surface area contributed by atoms with Crippen molar-refractivity contribution in [1.29, 1.82) is 0 Å². The largest absolute Gasteiger partial charge is 0.465 e. The van der Waals surface area contributed by atoms with Gasteiger partial charge in [0.05, 0.1) is 6.54 Å². The molecule has 1 aromatic carbocycles. The minimum atomic E-state index is -0.275. The van der Waals surface area contributed by atoms with Gasteiger partial charge in [-0.15, -0.1) is 0 Å². The van der Waals surface area contributed by atoms with Crippen LogP contribution in [0.15, 0.2) is 40.8 Å². The summed E-state index contributed by atoms with van der Waals surface area (Å²) in [7, 11) is 1.98. The summed E-state index contributed by atoms with van der Waals surface area (Å²) in [5.41, 5.74) is 3.70. The lowest BCUT2D eigenvalue weighted by Crippen LogP contribution is -2.31. The predicted molar refractivity (Wildman–Crippen MR) is 76.7 cm³/mol. The van der Waals surface area contributed by atoms with E-state index in [0.717, 1.165) is 17.1 Å². The topological polar surface area (TPSA) is 71.5 Å². The number of benzene rings is 1. The Morgan fingerprint density at radius 1 is 1.25 bits per heavy atom. The third kappa shape index (κ3) is 3.46. The van der Waals surface area contributed by atoms with Gasteiger partial charge in [-0.1, -0.05) is 18.2 Å². The highest BCUT2D eigenvalue weighted by molar-refractivity contribution is 5.95. The van der Waals surface area contributed by atoms with Crippen molar-refractivity contribution in [2.45, 2.75) is 20.0 Å². The monoisotopic (exact) mass is 273 g/mol. The van der Waals surface area contributed by atoms with Gasteiger partial charge in [0.1, 0.15) is 11.5 Å². The number of nitrogen functional groups attached to an aromatic ring is 1. The SMILES string of the molecule is Cc1ccc(CN(C)Cc2ccccc2C(=O)NN)o1. The minimum absolute atomic E-state index is 0.275. The highest BCUT2D eigenvalue weighted by Gasteiger charge is 2.12. The van der Waals surface area contributed by atoms with Crippen molar-refractivity contribution in [2.24, 2.45) is 5.84 Å². The minimum Gasteiger partial charge on any atom is -0.465 e. The van der Waals surface area contributed by atoms with Crippen LogP contribution in [0.25, 0.3) is 0 Å². The second-order valence-electron chi connectivity index (χ2n) is 4.82. The first-order valence-corrected chi connectivity index (χ1v) is 6.43. The summed E-state index contributed by atoms with van der Waals surface area (Å²) >= 11 is 0. The van der Waals surface area contributed by atoms with Gasteiger partial charge in [0.15, 0.2) is 0 Å². The summed E-state index contributed by atoms with van der Waals surface area (Å²) in [6.07, 6.45) is 0. The number of carbonyl (C=O) groups excluding carboxylic acids is 1. The molecule has 0 atom stereocenters. The zero-order valence-electron chi connectivity index (χ0n) is 11.7. The molecule has 0 bridgehead atoms. The first kappa shape index (κ1) is 14.3. The second kappa shape index (κ2) is 6.36. The molecule has 2 rings (SSSR count). The third-order valence-electron chi connectivity index (χ3n) is 3.06. The van der Waals surface area contributed by atoms with E-state index in [1.807, 2.05) is 44.3 Å². The van der Waals surface area contributed by atoms with Gasteiger partial charge in [-0.3, -0.25) is 15.1 Å². The van der Waals surface area contributed by atoms with Crippen molar-refractivity contribution in [1.82, 2.24) is 10.3 Å². The Hall–Kier alpha value is -2.11. The van der Waals surface area contributed by atoms with Crippen LogP contribution in [0.4, 0.5) is 0 Å². The lowest BCUT2D eigenvalue weighted by molar-refractivity contribution is 0.0952. The Kier molecular flexibility index (Phi) is 4.55. The molecule has 106 valence electrons. The van der Waals surface area contributed by atoms with E-state index in [2.05, 4.69) is 10.3 Å². The zero-order chi connectivity index (χ0) is 14.5. The maximum absolute atomic E-state index is 11.7. The molecule has 1 heterocycles. The molecule has 1 amide bonds. The van der Waals surface area contributed by atoms with Crippen molar-refractivity contribution in [3.8, 4) is 0 Å². The molecule has 3 N–H and O–H groups in total. The van der Waals surface area contributed by atoms with Crippen molar-refractivity contribution in [3.05, 3.63) is 59.0 Å². The Bertz CT molecular complexity index is 592. The fourth-order valence-corrected chi connectivity index (χ4v) is 2.14. The van der Waals surface area contributed by atoms with Crippen LogP contribution in [-0.2, 0) is 13.1 Å². The van der Waals surface area contributed by atoms with E-state index in [4.69, 9.17) is 10.3 Å². The van der Waals surface area contributed by atoms with Gasteiger partial charge in [0, 0.05) is 12.1 Å². The van der Waals surface area contributed by atoms with Crippen LogP contribution in [0.5, 0.6) is 0 Å². The summed E-state index contributed by atoms with van der Waals surface area (Å²) < 4.78 is 5.55. The number of amides is 1. The molecule has 0 aliphatic heterocycles. The number of aryl methyl sites for hydroxylation is 1. The van der Waals surface area contributed by atoms with Crippen LogP contribution in [0.3, 0.4) is 0 Å². The standard InChI is InChI=1S/C15H19N3O2/c1-11-7-8-13(20-11)10-18(2)9-12-5-3-4-6-14(12)15(19)17-16/h3-8H,9-10,16H2,1-2H3,(H,17,19). The van der Waals surface area contributed by atoms with Crippen LogP contribution < -0.4 is 11.3 Å². The van der Waals surface area contributed by atoms with E-state index in [1.54, 1.807) is 6.07 Å². The number of rotatable bonds is 5. The first-order valence-electron chi connectivity index (χ1n) is 6.43. The third-order valence-corrected chi connectivity index (χ3v) is 3.06. The maximum Gasteiger partial charge on any atom is 0.265 e. The van der Waals surface area contributed by atoms with Crippen LogP contribution in [0.2, 0.25) is 0 Å². The average molecular weight is 273 g/mol. The smallest absolute Gasteiger partial charge is 0.265 e. The summed E-state index contributed by atoms with van der Waals surface area (Å²) in [6, 6.07) is 11.3. The number of nitrogens with one attached hydrogen (secondary N) is 1. The normalized spacial score (nSPS) is 10.8. The van der Waals surface area contributed by atoms with Gasteiger partial charge in [-0.2, -0.15) is 0 Å². The van der Waals surface area contributed by atoms with Crippen LogP contribution >= 0.6 is 0 Å². The predicted octanol–water partition coefficient (Wildman–Crippen LogP) is 1.82. The highest BCUT2D eigenvalue weighted by atomic mass is 16.3. The summed E-state index contributed by atoms with van der Waals surface area (Å²) in [5.74, 6) is 6.73. The zero-order valence-corrected chi connectivity index (χ0v) is 11.7. The van der Waals surface area contributed by atoms with Crippen molar-refractivity contribution in [2.75, 3.05) is 7.05 Å². The van der Waals surface area contributed by atoms with Gasteiger partial charge in [-0.05, 0) is 37.7 Å².